The summed E-state index contributed by atoms with van der Waals surface area (Å²) >= 11 is 6.66. The van der Waals surface area contributed by atoms with E-state index in [1.807, 2.05) is 13.8 Å². The molecule has 0 unspecified atom stereocenters. The number of benzene rings is 1. The number of anilines is 1. The van der Waals surface area contributed by atoms with Gasteiger partial charge in [0.15, 0.2) is 5.82 Å². The molecule has 2 saturated heterocycles. The van der Waals surface area contributed by atoms with Crippen LogP contribution in [0, 0.1) is 17.7 Å². The number of ether oxygens (including phenoxy) is 2. The number of aromatic nitrogens is 2. The van der Waals surface area contributed by atoms with E-state index in [0.717, 1.165) is 31.5 Å². The molecule has 1 amide bonds. The number of methoxy groups -OCH3 is 1. The van der Waals surface area contributed by atoms with Crippen LogP contribution in [0.1, 0.15) is 44.4 Å². The van der Waals surface area contributed by atoms with Crippen LogP contribution in [0.5, 0.6) is 5.75 Å². The van der Waals surface area contributed by atoms with E-state index in [0.29, 0.717) is 65.3 Å². The quantitative estimate of drug-likeness (QED) is 0.229. The van der Waals surface area contributed by atoms with E-state index in [9.17, 15) is 15.0 Å². The molecule has 4 N–H and O–H groups in total. The highest BCUT2D eigenvalue weighted by molar-refractivity contribution is 6.33. The van der Waals surface area contributed by atoms with Gasteiger partial charge in [0, 0.05) is 61.4 Å². The zero-order valence-electron chi connectivity index (χ0n) is 25.0. The summed E-state index contributed by atoms with van der Waals surface area (Å²) in [5.41, 5.74) is 2.43. The van der Waals surface area contributed by atoms with E-state index in [1.165, 1.54) is 7.11 Å². The lowest BCUT2D eigenvalue weighted by Crippen LogP contribution is -2.61. The second-order valence-corrected chi connectivity index (χ2v) is 11.5. The molecule has 0 aliphatic carbocycles. The predicted molar refractivity (Wildman–Crippen MR) is 164 cm³/mol. The van der Waals surface area contributed by atoms with Crippen molar-refractivity contribution in [3.63, 3.8) is 0 Å². The molecule has 42 heavy (non-hydrogen) atoms. The Kier molecular flexibility index (Phi) is 9.96. The van der Waals surface area contributed by atoms with Gasteiger partial charge in [-0.05, 0) is 51.9 Å². The standard InChI is InChI=1S/C30H41ClN6O5/c1-6-24(39)25(19(3)32)26-18(2)28(37-16-30(17-37)9-11-36(12-10-30)29(40)41-5)35-27(34-26)22-13-21(7-8-23(22)31)42-15-20(38)14-33-4/h7-8,13,20,32-33,38-39H,6,9-12,14-17H2,1-5H3/b25-24+,32-19?/t20-/m1/s1. The topological polar surface area (TPSA) is 144 Å². The Balaban J connectivity index is 1.71. The molecule has 0 radical (unpaired) electrons. The first-order chi connectivity index (χ1) is 20.0. The molecule has 228 valence electrons. The third-order valence-electron chi connectivity index (χ3n) is 8.03. The van der Waals surface area contributed by atoms with Gasteiger partial charge in [0.05, 0.1) is 23.4 Å². The summed E-state index contributed by atoms with van der Waals surface area (Å²) in [5.74, 6) is 1.65. The number of nitrogens with one attached hydrogen (secondary N) is 2. The number of hydrogen-bond donors (Lipinski definition) is 4. The highest BCUT2D eigenvalue weighted by atomic mass is 35.5. The molecule has 4 rings (SSSR count). The van der Waals surface area contributed by atoms with Crippen molar-refractivity contribution in [3.8, 4) is 17.1 Å². The number of piperidine rings is 1. The van der Waals surface area contributed by atoms with Crippen LogP contribution in [0.4, 0.5) is 10.6 Å². The van der Waals surface area contributed by atoms with Gasteiger partial charge >= 0.3 is 6.09 Å². The molecule has 1 aromatic carbocycles. The van der Waals surface area contributed by atoms with Crippen molar-refractivity contribution in [1.82, 2.24) is 20.2 Å². The first kappa shape index (κ1) is 31.5. The minimum absolute atomic E-state index is 0.0729. The van der Waals surface area contributed by atoms with Crippen molar-refractivity contribution < 1.29 is 24.5 Å². The molecule has 2 fully saturated rings. The Morgan fingerprint density at radius 2 is 1.95 bits per heavy atom. The molecule has 0 saturated carbocycles. The molecule has 11 nitrogen and oxygen atoms in total. The van der Waals surface area contributed by atoms with E-state index in [-0.39, 0.29) is 29.6 Å². The first-order valence-corrected chi connectivity index (χ1v) is 14.6. The number of aliphatic hydroxyl groups is 2. The van der Waals surface area contributed by atoms with Gasteiger partial charge in [-0.3, -0.25) is 0 Å². The van der Waals surface area contributed by atoms with Gasteiger partial charge in [-0.25, -0.2) is 14.8 Å². The summed E-state index contributed by atoms with van der Waals surface area (Å²) < 4.78 is 10.7. The van der Waals surface area contributed by atoms with Gasteiger partial charge < -0.3 is 40.2 Å². The number of allylic oxidation sites excluding steroid dienone is 2. The van der Waals surface area contributed by atoms with Crippen molar-refractivity contribution in [3.05, 3.63) is 40.2 Å². The van der Waals surface area contributed by atoms with Gasteiger partial charge in [0.25, 0.3) is 0 Å². The maximum absolute atomic E-state index is 12.0. The molecule has 1 spiro atoms. The summed E-state index contributed by atoms with van der Waals surface area (Å²) in [6, 6.07) is 5.17. The van der Waals surface area contributed by atoms with Crippen LogP contribution in [0.25, 0.3) is 17.0 Å². The van der Waals surface area contributed by atoms with Crippen LogP contribution in [0.15, 0.2) is 24.0 Å². The number of likely N-dealkylation sites (tertiary alicyclic amines) is 1. The summed E-state index contributed by atoms with van der Waals surface area (Å²) in [7, 11) is 3.16. The number of carbonyl (C=O) groups is 1. The second kappa shape index (κ2) is 13.3. The van der Waals surface area contributed by atoms with Crippen LogP contribution in [-0.4, -0.2) is 96.5 Å². The first-order valence-electron chi connectivity index (χ1n) is 14.2. The second-order valence-electron chi connectivity index (χ2n) is 11.1. The Bertz CT molecular complexity index is 1350. The summed E-state index contributed by atoms with van der Waals surface area (Å²) in [4.78, 5) is 25.7. The summed E-state index contributed by atoms with van der Waals surface area (Å²) in [6.07, 6.45) is 1.12. The lowest BCUT2D eigenvalue weighted by Gasteiger charge is -2.54. The zero-order chi connectivity index (χ0) is 30.6. The van der Waals surface area contributed by atoms with Crippen molar-refractivity contribution in [2.45, 2.75) is 46.1 Å². The SMILES string of the molecule is CC/C(O)=C(/C(C)=N)c1nc(-c2cc(OC[C@H](O)CNC)ccc2Cl)nc(N2CC3(CCN(C(=O)OC)CC3)C2)c1C. The molecule has 2 aliphatic rings. The van der Waals surface area contributed by atoms with Crippen LogP contribution in [-0.2, 0) is 4.74 Å². The molecule has 0 bridgehead atoms. The third kappa shape index (κ3) is 6.63. The molecular weight excluding hydrogens is 560 g/mol. The average molecular weight is 601 g/mol. The molecule has 1 atom stereocenters. The number of likely N-dealkylation sites (N-methyl/N-ethyl adjacent to an activating group) is 1. The summed E-state index contributed by atoms with van der Waals surface area (Å²) in [5, 5.41) is 32.7. The Morgan fingerprint density at radius 1 is 1.26 bits per heavy atom. The van der Waals surface area contributed by atoms with Crippen LogP contribution < -0.4 is 15.0 Å². The minimum atomic E-state index is -0.679. The lowest BCUT2D eigenvalue weighted by atomic mass is 9.72. The minimum Gasteiger partial charge on any atom is -0.512 e. The zero-order valence-corrected chi connectivity index (χ0v) is 25.7. The fourth-order valence-corrected chi connectivity index (χ4v) is 5.86. The molecule has 3 heterocycles. The maximum atomic E-state index is 12.0. The van der Waals surface area contributed by atoms with Gasteiger partial charge in [-0.2, -0.15) is 0 Å². The molecule has 2 aliphatic heterocycles. The fraction of sp³-hybridized carbons (Fsp3) is 0.533. The fourth-order valence-electron chi connectivity index (χ4n) is 5.66. The van der Waals surface area contributed by atoms with Crippen molar-refractivity contribution in [2.24, 2.45) is 5.41 Å². The number of nitrogens with zero attached hydrogens (tertiary/aromatic N) is 4. The Morgan fingerprint density at radius 3 is 2.55 bits per heavy atom. The molecule has 12 heteroatoms. The maximum Gasteiger partial charge on any atom is 0.409 e. The number of carbonyl (C=O) groups excluding carboxylic acids is 1. The number of rotatable bonds is 10. The van der Waals surface area contributed by atoms with Crippen molar-refractivity contribution in [1.29, 1.82) is 5.41 Å². The van der Waals surface area contributed by atoms with Gasteiger partial charge in [-0.1, -0.05) is 18.5 Å². The van der Waals surface area contributed by atoms with Crippen LogP contribution in [0.2, 0.25) is 5.02 Å². The number of hydrogen-bond acceptors (Lipinski definition) is 10. The molecule has 1 aromatic heterocycles. The van der Waals surface area contributed by atoms with E-state index < -0.39 is 6.10 Å². The number of halogens is 1. The molecular formula is C30H41ClN6O5. The van der Waals surface area contributed by atoms with E-state index in [4.69, 9.17) is 36.5 Å². The highest BCUT2D eigenvalue weighted by Gasteiger charge is 2.47. The van der Waals surface area contributed by atoms with E-state index in [1.54, 1.807) is 37.1 Å². The van der Waals surface area contributed by atoms with Crippen LogP contribution in [0.3, 0.4) is 0 Å². The average Bonchev–Trinajstić information content (AvgIpc) is 2.96. The monoisotopic (exact) mass is 600 g/mol. The smallest absolute Gasteiger partial charge is 0.409 e. The van der Waals surface area contributed by atoms with E-state index >= 15 is 0 Å². The van der Waals surface area contributed by atoms with E-state index in [2.05, 4.69) is 10.2 Å². The lowest BCUT2D eigenvalue weighted by molar-refractivity contribution is 0.0621. The van der Waals surface area contributed by atoms with Gasteiger partial charge in [0.1, 0.15) is 30.0 Å². The Labute approximate surface area is 252 Å². The predicted octanol–water partition coefficient (Wildman–Crippen LogP) is 4.45. The van der Waals surface area contributed by atoms with Gasteiger partial charge in [0.2, 0.25) is 0 Å². The third-order valence-corrected chi connectivity index (χ3v) is 8.35. The van der Waals surface area contributed by atoms with Crippen molar-refractivity contribution >= 4 is 34.8 Å². The van der Waals surface area contributed by atoms with Crippen LogP contribution >= 0.6 is 11.6 Å². The summed E-state index contributed by atoms with van der Waals surface area (Å²) in [6.45, 7) is 8.69. The normalized spacial score (nSPS) is 17.4. The highest BCUT2D eigenvalue weighted by Crippen LogP contribution is 2.44. The van der Waals surface area contributed by atoms with Gasteiger partial charge in [-0.15, -0.1) is 0 Å². The molecule has 2 aromatic rings. The largest absolute Gasteiger partial charge is 0.512 e. The Hall–Kier alpha value is -3.41. The number of amides is 1. The number of aliphatic hydroxyl groups excluding tert-OH is 2. The van der Waals surface area contributed by atoms with Crippen molar-refractivity contribution in [2.75, 3.05) is 58.4 Å².